The topological polar surface area (TPSA) is 55.9 Å². The second-order valence-corrected chi connectivity index (χ2v) is 4.39. The predicted molar refractivity (Wildman–Crippen MR) is 55.2 cm³/mol. The zero-order chi connectivity index (χ0) is 10.6. The van der Waals surface area contributed by atoms with Gasteiger partial charge in [-0.25, -0.2) is 4.79 Å². The average molecular weight is 233 g/mol. The standard InChI is InChI=1S/C7H11N3O2S2/c1-4-12-7(11)9-6-10(3)5(8-2)13-14-6/h4H2,1-3H3/b8-5?,9-6-. The third kappa shape index (κ3) is 2.52. The van der Waals surface area contributed by atoms with E-state index >= 15 is 0 Å². The molecule has 5 nitrogen and oxygen atoms in total. The number of carbonyl (C=O) groups excluding carboxylic acids is 1. The fraction of sp³-hybridized carbons (Fsp3) is 0.571. The molecule has 0 spiro atoms. The highest BCUT2D eigenvalue weighted by molar-refractivity contribution is 7.67. The molecule has 7 heteroatoms. The molecule has 0 saturated carbocycles. The van der Waals surface area contributed by atoms with E-state index in [-0.39, 0.29) is 0 Å². The highest BCUT2D eigenvalue weighted by Gasteiger charge is 2.00. The Labute approximate surface area is 88.4 Å². The molecule has 14 heavy (non-hydrogen) atoms. The zero-order valence-corrected chi connectivity index (χ0v) is 9.81. The van der Waals surface area contributed by atoms with Gasteiger partial charge in [0.1, 0.15) is 0 Å². The van der Waals surface area contributed by atoms with Crippen LogP contribution in [0.15, 0.2) is 9.98 Å². The lowest BCUT2D eigenvalue weighted by atomic mass is 10.9. The van der Waals surface area contributed by atoms with Crippen molar-refractivity contribution in [2.24, 2.45) is 17.0 Å². The van der Waals surface area contributed by atoms with Gasteiger partial charge in [0.2, 0.25) is 4.80 Å². The molecule has 0 saturated heterocycles. The smallest absolute Gasteiger partial charge is 0.436 e. The summed E-state index contributed by atoms with van der Waals surface area (Å²) in [6.45, 7) is 2.09. The fourth-order valence-electron chi connectivity index (χ4n) is 0.783. The van der Waals surface area contributed by atoms with Gasteiger partial charge >= 0.3 is 6.09 Å². The second-order valence-electron chi connectivity index (χ2n) is 2.33. The lowest BCUT2D eigenvalue weighted by molar-refractivity contribution is 0.162. The lowest BCUT2D eigenvalue weighted by Crippen LogP contribution is -2.23. The van der Waals surface area contributed by atoms with Crippen LogP contribution in [-0.4, -0.2) is 24.3 Å². The van der Waals surface area contributed by atoms with Gasteiger partial charge in [0.25, 0.3) is 0 Å². The molecule has 1 amide bonds. The molecule has 1 rings (SSSR count). The van der Waals surface area contributed by atoms with Crippen molar-refractivity contribution >= 4 is 26.8 Å². The minimum atomic E-state index is -0.556. The molecule has 0 atom stereocenters. The number of hydrogen-bond donors (Lipinski definition) is 0. The van der Waals surface area contributed by atoms with Crippen LogP contribution >= 0.6 is 20.7 Å². The number of rotatable bonds is 1. The Morgan fingerprint density at radius 3 is 2.64 bits per heavy atom. The highest BCUT2D eigenvalue weighted by Crippen LogP contribution is 1.91. The van der Waals surface area contributed by atoms with Gasteiger partial charge in [-0.05, 0) is 27.6 Å². The third-order valence-electron chi connectivity index (χ3n) is 1.41. The Morgan fingerprint density at radius 2 is 2.14 bits per heavy atom. The largest absolute Gasteiger partial charge is 0.448 e. The molecule has 0 unspecified atom stereocenters. The maximum Gasteiger partial charge on any atom is 0.436 e. The molecule has 78 valence electrons. The van der Waals surface area contributed by atoms with E-state index in [9.17, 15) is 4.79 Å². The summed E-state index contributed by atoms with van der Waals surface area (Å²) in [4.78, 5) is 20.3. The summed E-state index contributed by atoms with van der Waals surface area (Å²) in [5.41, 5.74) is 0. The zero-order valence-electron chi connectivity index (χ0n) is 8.18. The Bertz CT molecular complexity index is 440. The lowest BCUT2D eigenvalue weighted by Gasteiger charge is -1.93. The van der Waals surface area contributed by atoms with Crippen LogP contribution in [0.4, 0.5) is 4.79 Å². The van der Waals surface area contributed by atoms with Crippen LogP contribution in [0.25, 0.3) is 0 Å². The van der Waals surface area contributed by atoms with E-state index in [0.29, 0.717) is 11.4 Å². The molecule has 0 fully saturated rings. The molecule has 0 N–H and O–H groups in total. The van der Waals surface area contributed by atoms with Crippen LogP contribution < -0.4 is 9.60 Å². The number of nitrogens with zero attached hydrogens (tertiary/aromatic N) is 3. The maximum atomic E-state index is 11.0. The van der Waals surface area contributed by atoms with Gasteiger partial charge in [-0.1, -0.05) is 0 Å². The molecular weight excluding hydrogens is 222 g/mol. The number of ether oxygens (including phenoxy) is 1. The van der Waals surface area contributed by atoms with Crippen molar-refractivity contribution in [1.29, 1.82) is 0 Å². The number of carbonyl (C=O) groups is 1. The normalized spacial score (nSPS) is 13.4. The first kappa shape index (κ1) is 11.1. The van der Waals surface area contributed by atoms with Crippen LogP contribution in [0.5, 0.6) is 0 Å². The molecule has 0 aliphatic heterocycles. The molecule has 1 heterocycles. The Kier molecular flexibility index (Phi) is 4.02. The van der Waals surface area contributed by atoms with E-state index in [1.54, 1.807) is 18.5 Å². The van der Waals surface area contributed by atoms with Crippen molar-refractivity contribution in [1.82, 2.24) is 4.57 Å². The van der Waals surface area contributed by atoms with Crippen LogP contribution in [0.1, 0.15) is 6.92 Å². The molecule has 0 radical (unpaired) electrons. The van der Waals surface area contributed by atoms with Crippen molar-refractivity contribution < 1.29 is 9.53 Å². The SMILES string of the molecule is CCOC(=O)/N=c1\ssc(=NC)n1C. The number of aromatic nitrogens is 1. The minimum absolute atomic E-state index is 0.339. The summed E-state index contributed by atoms with van der Waals surface area (Å²) in [5.74, 6) is 0. The second kappa shape index (κ2) is 5.06. The average Bonchev–Trinajstić information content (AvgIpc) is 2.48. The number of amides is 1. The van der Waals surface area contributed by atoms with Gasteiger partial charge in [-0.15, -0.1) is 4.99 Å². The Balaban J connectivity index is 3.08. The molecule has 0 aliphatic rings. The van der Waals surface area contributed by atoms with Crippen LogP contribution in [0.3, 0.4) is 0 Å². The Morgan fingerprint density at radius 1 is 1.50 bits per heavy atom. The van der Waals surface area contributed by atoms with E-state index in [1.165, 1.54) is 20.7 Å². The van der Waals surface area contributed by atoms with Crippen molar-refractivity contribution in [3.63, 3.8) is 0 Å². The first-order valence-electron chi connectivity index (χ1n) is 3.99. The summed E-state index contributed by atoms with van der Waals surface area (Å²) in [6, 6.07) is 0. The summed E-state index contributed by atoms with van der Waals surface area (Å²) >= 11 is 0. The monoisotopic (exact) mass is 233 g/mol. The summed E-state index contributed by atoms with van der Waals surface area (Å²) in [7, 11) is 6.38. The molecule has 0 aliphatic carbocycles. The van der Waals surface area contributed by atoms with Gasteiger partial charge < -0.3 is 4.74 Å². The summed E-state index contributed by atoms with van der Waals surface area (Å²) in [5, 5.41) is 0. The van der Waals surface area contributed by atoms with Gasteiger partial charge in [-0.2, -0.15) is 0 Å². The van der Waals surface area contributed by atoms with E-state index in [2.05, 4.69) is 9.98 Å². The first-order valence-corrected chi connectivity index (χ1v) is 6.14. The van der Waals surface area contributed by atoms with E-state index in [0.717, 1.165) is 4.80 Å². The van der Waals surface area contributed by atoms with E-state index in [1.807, 2.05) is 7.05 Å². The highest BCUT2D eigenvalue weighted by atomic mass is 32.9. The van der Waals surface area contributed by atoms with Crippen LogP contribution in [0.2, 0.25) is 0 Å². The van der Waals surface area contributed by atoms with Gasteiger partial charge in [0, 0.05) is 14.1 Å². The number of hydrogen-bond acceptors (Lipinski definition) is 5. The van der Waals surface area contributed by atoms with Crippen molar-refractivity contribution in [2.75, 3.05) is 13.7 Å². The van der Waals surface area contributed by atoms with Crippen molar-refractivity contribution in [3.8, 4) is 0 Å². The fourth-order valence-corrected chi connectivity index (χ4v) is 3.03. The molecule has 0 bridgehead atoms. The summed E-state index contributed by atoms with van der Waals surface area (Å²) in [6.07, 6.45) is -0.556. The van der Waals surface area contributed by atoms with Gasteiger partial charge in [-0.3, -0.25) is 9.56 Å². The molecular formula is C7H11N3O2S2. The first-order chi connectivity index (χ1) is 6.69. The van der Waals surface area contributed by atoms with Crippen LogP contribution in [-0.2, 0) is 11.8 Å². The van der Waals surface area contributed by atoms with Crippen molar-refractivity contribution in [3.05, 3.63) is 9.60 Å². The van der Waals surface area contributed by atoms with Crippen molar-refractivity contribution in [2.45, 2.75) is 6.92 Å². The molecule has 0 aromatic carbocycles. The Hall–Kier alpha value is -0.950. The summed E-state index contributed by atoms with van der Waals surface area (Å²) < 4.78 is 6.46. The predicted octanol–water partition coefficient (Wildman–Crippen LogP) is 0.736. The van der Waals surface area contributed by atoms with E-state index < -0.39 is 6.09 Å². The van der Waals surface area contributed by atoms with Gasteiger partial charge in [0.05, 0.1) is 6.61 Å². The van der Waals surface area contributed by atoms with Crippen LogP contribution in [0, 0.1) is 0 Å². The molecule has 1 aromatic heterocycles. The minimum Gasteiger partial charge on any atom is -0.448 e. The third-order valence-corrected chi connectivity index (χ3v) is 3.76. The van der Waals surface area contributed by atoms with Gasteiger partial charge in [0.15, 0.2) is 4.80 Å². The maximum absolute atomic E-state index is 11.0. The molecule has 1 aromatic rings. The van der Waals surface area contributed by atoms with E-state index in [4.69, 9.17) is 4.74 Å². The quantitative estimate of drug-likeness (QED) is 0.672.